The molecule has 2 rings (SSSR count). The Bertz CT molecular complexity index is 650. The van der Waals surface area contributed by atoms with Gasteiger partial charge in [0.15, 0.2) is 5.78 Å². The third-order valence-corrected chi connectivity index (χ3v) is 3.07. The van der Waals surface area contributed by atoms with Crippen molar-refractivity contribution in [2.45, 2.75) is 6.92 Å². The van der Waals surface area contributed by atoms with Crippen LogP contribution in [0.25, 0.3) is 11.1 Å². The molecule has 104 valence electrons. The topological polar surface area (TPSA) is 35.5 Å². The summed E-state index contributed by atoms with van der Waals surface area (Å²) in [5.41, 5.74) is 1.37. The van der Waals surface area contributed by atoms with Gasteiger partial charge in [0.05, 0.1) is 14.2 Å². The molecule has 0 saturated heterocycles. The lowest BCUT2D eigenvalue weighted by Crippen LogP contribution is -1.96. The fourth-order valence-electron chi connectivity index (χ4n) is 1.97. The van der Waals surface area contributed by atoms with Crippen molar-refractivity contribution in [1.29, 1.82) is 0 Å². The van der Waals surface area contributed by atoms with Gasteiger partial charge in [-0.2, -0.15) is 0 Å². The van der Waals surface area contributed by atoms with Crippen LogP contribution in [0, 0.1) is 5.82 Å². The monoisotopic (exact) mass is 274 g/mol. The van der Waals surface area contributed by atoms with E-state index in [1.165, 1.54) is 32.2 Å². The van der Waals surface area contributed by atoms with Crippen LogP contribution in [-0.2, 0) is 0 Å². The normalized spacial score (nSPS) is 10.2. The molecule has 0 atom stereocenters. The molecule has 0 heterocycles. The molecule has 4 heteroatoms. The number of carbonyl (C=O) groups excluding carboxylic acids is 1. The van der Waals surface area contributed by atoms with E-state index in [1.807, 2.05) is 0 Å². The van der Waals surface area contributed by atoms with Crippen LogP contribution in [0.15, 0.2) is 36.4 Å². The fraction of sp³-hybridized carbons (Fsp3) is 0.188. The van der Waals surface area contributed by atoms with Gasteiger partial charge in [0, 0.05) is 22.8 Å². The average molecular weight is 274 g/mol. The lowest BCUT2D eigenvalue weighted by molar-refractivity contribution is 0.101. The van der Waals surface area contributed by atoms with Crippen molar-refractivity contribution in [3.05, 3.63) is 47.8 Å². The lowest BCUT2D eigenvalue weighted by Gasteiger charge is -2.12. The number of rotatable bonds is 4. The summed E-state index contributed by atoms with van der Waals surface area (Å²) in [5.74, 6) is 0.592. The summed E-state index contributed by atoms with van der Waals surface area (Å²) < 4.78 is 24.4. The second-order valence-electron chi connectivity index (χ2n) is 4.32. The van der Waals surface area contributed by atoms with Crippen molar-refractivity contribution >= 4 is 5.78 Å². The largest absolute Gasteiger partial charge is 0.497 e. The van der Waals surface area contributed by atoms with Crippen LogP contribution in [0.2, 0.25) is 0 Å². The predicted molar refractivity (Wildman–Crippen MR) is 74.9 cm³/mol. The molecule has 0 unspecified atom stereocenters. The smallest absolute Gasteiger partial charge is 0.159 e. The van der Waals surface area contributed by atoms with Crippen LogP contribution < -0.4 is 9.47 Å². The predicted octanol–water partition coefficient (Wildman–Crippen LogP) is 3.71. The molecule has 0 radical (unpaired) electrons. The zero-order valence-electron chi connectivity index (χ0n) is 11.6. The average Bonchev–Trinajstić information content (AvgIpc) is 2.47. The SMILES string of the molecule is COc1ccc(-c2cc(C(C)=O)ccc2F)c(OC)c1. The minimum absolute atomic E-state index is 0.112. The Morgan fingerprint density at radius 1 is 1.00 bits per heavy atom. The zero-order valence-corrected chi connectivity index (χ0v) is 11.6. The third-order valence-electron chi connectivity index (χ3n) is 3.07. The molecule has 0 N–H and O–H groups in total. The van der Waals surface area contributed by atoms with Gasteiger partial charge < -0.3 is 9.47 Å². The van der Waals surface area contributed by atoms with Gasteiger partial charge in [0.2, 0.25) is 0 Å². The second kappa shape index (κ2) is 5.74. The van der Waals surface area contributed by atoms with Gasteiger partial charge >= 0.3 is 0 Å². The number of carbonyl (C=O) groups is 1. The number of benzene rings is 2. The van der Waals surface area contributed by atoms with Gasteiger partial charge in [0.25, 0.3) is 0 Å². The van der Waals surface area contributed by atoms with E-state index in [1.54, 1.807) is 25.3 Å². The molecule has 0 aliphatic heterocycles. The van der Waals surface area contributed by atoms with E-state index >= 15 is 0 Å². The Kier molecular flexibility index (Phi) is 4.03. The standard InChI is InChI=1S/C16H15FO3/c1-10(18)11-4-7-15(17)14(8-11)13-6-5-12(19-2)9-16(13)20-3/h4-9H,1-3H3. The van der Waals surface area contributed by atoms with Crippen LogP contribution in [0.4, 0.5) is 4.39 Å². The second-order valence-corrected chi connectivity index (χ2v) is 4.32. The van der Waals surface area contributed by atoms with Gasteiger partial charge in [-0.25, -0.2) is 4.39 Å². The maximum absolute atomic E-state index is 14.0. The van der Waals surface area contributed by atoms with Crippen molar-refractivity contribution < 1.29 is 18.7 Å². The first-order chi connectivity index (χ1) is 9.56. The maximum atomic E-state index is 14.0. The molecule has 2 aromatic rings. The highest BCUT2D eigenvalue weighted by Crippen LogP contribution is 2.35. The van der Waals surface area contributed by atoms with E-state index < -0.39 is 5.82 Å². The highest BCUT2D eigenvalue weighted by molar-refractivity contribution is 5.95. The number of halogens is 1. The van der Waals surface area contributed by atoms with E-state index in [0.29, 0.717) is 28.2 Å². The first-order valence-electron chi connectivity index (χ1n) is 6.09. The molecule has 0 bridgehead atoms. The number of hydrogen-bond donors (Lipinski definition) is 0. The number of ketones is 1. The summed E-state index contributed by atoms with van der Waals surface area (Å²) >= 11 is 0. The molecule has 3 nitrogen and oxygen atoms in total. The number of ether oxygens (including phenoxy) is 2. The van der Waals surface area contributed by atoms with Gasteiger partial charge in [0.1, 0.15) is 17.3 Å². The molecule has 20 heavy (non-hydrogen) atoms. The highest BCUT2D eigenvalue weighted by Gasteiger charge is 2.13. The van der Waals surface area contributed by atoms with Crippen LogP contribution in [0.1, 0.15) is 17.3 Å². The molecule has 0 aliphatic rings. The number of hydrogen-bond acceptors (Lipinski definition) is 3. The number of Topliss-reactive ketones (excluding diaryl/α,β-unsaturated/α-hetero) is 1. The molecule has 0 saturated carbocycles. The summed E-state index contributed by atoms with van der Waals surface area (Å²) in [4.78, 5) is 11.4. The van der Waals surface area contributed by atoms with Crippen molar-refractivity contribution in [3.63, 3.8) is 0 Å². The maximum Gasteiger partial charge on any atom is 0.159 e. The summed E-state index contributed by atoms with van der Waals surface area (Å²) in [6, 6.07) is 9.39. The summed E-state index contributed by atoms with van der Waals surface area (Å²) in [6.45, 7) is 1.45. The summed E-state index contributed by atoms with van der Waals surface area (Å²) in [7, 11) is 3.05. The van der Waals surface area contributed by atoms with Crippen LogP contribution in [0.5, 0.6) is 11.5 Å². The molecule has 0 aliphatic carbocycles. The molecule has 2 aromatic carbocycles. The Hall–Kier alpha value is -2.36. The van der Waals surface area contributed by atoms with E-state index in [4.69, 9.17) is 9.47 Å². The lowest BCUT2D eigenvalue weighted by atomic mass is 10.00. The molecular weight excluding hydrogens is 259 g/mol. The van der Waals surface area contributed by atoms with Gasteiger partial charge in [-0.15, -0.1) is 0 Å². The molecular formula is C16H15FO3. The van der Waals surface area contributed by atoms with Crippen LogP contribution in [-0.4, -0.2) is 20.0 Å². The third kappa shape index (κ3) is 2.64. The first-order valence-corrected chi connectivity index (χ1v) is 6.09. The van der Waals surface area contributed by atoms with Crippen molar-refractivity contribution in [3.8, 4) is 22.6 Å². The van der Waals surface area contributed by atoms with Gasteiger partial charge in [-0.1, -0.05) is 0 Å². The highest BCUT2D eigenvalue weighted by atomic mass is 19.1. The summed E-state index contributed by atoms with van der Waals surface area (Å²) in [5, 5.41) is 0. The van der Waals surface area contributed by atoms with Gasteiger partial charge in [-0.3, -0.25) is 4.79 Å². The molecule has 0 aromatic heterocycles. The van der Waals surface area contributed by atoms with E-state index in [9.17, 15) is 9.18 Å². The minimum atomic E-state index is -0.404. The summed E-state index contributed by atoms with van der Waals surface area (Å²) in [6.07, 6.45) is 0. The minimum Gasteiger partial charge on any atom is -0.497 e. The van der Waals surface area contributed by atoms with E-state index in [0.717, 1.165) is 0 Å². The fourth-order valence-corrected chi connectivity index (χ4v) is 1.97. The van der Waals surface area contributed by atoms with Crippen molar-refractivity contribution in [1.82, 2.24) is 0 Å². The Balaban J connectivity index is 2.61. The molecule has 0 spiro atoms. The van der Waals surface area contributed by atoms with Gasteiger partial charge in [-0.05, 0) is 37.3 Å². The first kappa shape index (κ1) is 14.1. The Morgan fingerprint density at radius 3 is 2.35 bits per heavy atom. The van der Waals surface area contributed by atoms with Crippen LogP contribution >= 0.6 is 0 Å². The quantitative estimate of drug-likeness (QED) is 0.797. The van der Waals surface area contributed by atoms with Crippen molar-refractivity contribution in [2.24, 2.45) is 0 Å². The number of methoxy groups -OCH3 is 2. The Labute approximate surface area is 117 Å². The van der Waals surface area contributed by atoms with E-state index in [-0.39, 0.29) is 5.78 Å². The van der Waals surface area contributed by atoms with E-state index in [2.05, 4.69) is 0 Å². The zero-order chi connectivity index (χ0) is 14.7. The van der Waals surface area contributed by atoms with Crippen molar-refractivity contribution in [2.75, 3.05) is 14.2 Å². The molecule has 0 fully saturated rings. The van der Waals surface area contributed by atoms with Crippen LogP contribution in [0.3, 0.4) is 0 Å². The Morgan fingerprint density at radius 2 is 1.75 bits per heavy atom. The molecule has 0 amide bonds.